The predicted molar refractivity (Wildman–Crippen MR) is 239 cm³/mol. The number of hydrogen-bond donors (Lipinski definition) is 1. The van der Waals surface area contributed by atoms with E-state index in [0.717, 1.165) is 37.8 Å². The molecule has 12 nitrogen and oxygen atoms in total. The number of para-hydroxylation sites is 2. The third-order valence-electron chi connectivity index (χ3n) is 7.67. The molecule has 8 aromatic rings. The van der Waals surface area contributed by atoms with Crippen LogP contribution in [0.2, 0.25) is 10.0 Å². The van der Waals surface area contributed by atoms with Gasteiger partial charge in [0.1, 0.15) is 31.3 Å². The quantitative estimate of drug-likeness (QED) is 0.0970. The second-order valence-electron chi connectivity index (χ2n) is 14.7. The molecule has 0 aliphatic rings. The largest absolute Gasteiger partial charge is 0.456 e. The number of aromatic nitrogens is 6. The van der Waals surface area contributed by atoms with Gasteiger partial charge in [0.2, 0.25) is 5.88 Å². The molecule has 2 aromatic carbocycles. The van der Waals surface area contributed by atoms with Crippen LogP contribution in [0.3, 0.4) is 0 Å². The number of anilines is 1. The molecule has 0 spiro atoms. The first-order valence-corrected chi connectivity index (χ1v) is 21.1. The Labute approximate surface area is 366 Å². The zero-order chi connectivity index (χ0) is 42.5. The lowest BCUT2D eigenvalue weighted by atomic mass is 10.2. The predicted octanol–water partition coefficient (Wildman–Crippen LogP) is 12.0. The summed E-state index contributed by atoms with van der Waals surface area (Å²) in [6.07, 6.45) is 6.92. The topological polar surface area (TPSA) is 149 Å². The van der Waals surface area contributed by atoms with Crippen molar-refractivity contribution in [3.05, 3.63) is 133 Å². The minimum absolute atomic E-state index is 0.318. The second kappa shape index (κ2) is 18.3. The lowest BCUT2D eigenvalue weighted by Crippen LogP contribution is -2.23. The summed E-state index contributed by atoms with van der Waals surface area (Å²) in [5.41, 5.74) is 8.25. The molecule has 0 aliphatic heterocycles. The molecule has 0 radical (unpaired) electrons. The van der Waals surface area contributed by atoms with E-state index in [-0.39, 0.29) is 11.9 Å². The van der Waals surface area contributed by atoms with Crippen LogP contribution >= 0.6 is 61.8 Å². The average Bonchev–Trinajstić information content (AvgIpc) is 3.99. The van der Waals surface area contributed by atoms with E-state index in [2.05, 4.69) is 36.1 Å². The number of carbonyl (C=O) groups excluding carboxylic acids is 2. The number of esters is 2. The molecule has 6 aromatic heterocycles. The van der Waals surface area contributed by atoms with Crippen molar-refractivity contribution in [1.29, 1.82) is 0 Å². The number of pyridine rings is 2. The van der Waals surface area contributed by atoms with E-state index in [0.29, 0.717) is 37.1 Å². The van der Waals surface area contributed by atoms with Gasteiger partial charge >= 0.3 is 11.9 Å². The number of hydrogen-bond acceptors (Lipinski definition) is 12. The first-order valence-electron chi connectivity index (χ1n) is 17.8. The summed E-state index contributed by atoms with van der Waals surface area (Å²) in [7, 11) is 0. The standard InChI is InChI=1S/C21H18ClN3O3S.C15H14BrN3O2S.C6H6ClN/c1-21(2,3)28-20(26)18-9-14(12-29-18)25-16-11-23-19(8-13(16)10-24-25)27-17-7-5-4-6-15(17)22;1-15(2,3)21-14(20)12-5-10(8-22-12)19-11-7-17-13(16)4-9(11)6-18-19;7-5-3-1-2-4-6(5)8/h4-12H,1-3H3;4-8H,1-3H3;1-4H,8H2. The lowest BCUT2D eigenvalue weighted by molar-refractivity contribution is 0.00625. The summed E-state index contributed by atoms with van der Waals surface area (Å²) in [6, 6.07) is 21.7. The van der Waals surface area contributed by atoms with Crippen molar-refractivity contribution in [3.63, 3.8) is 0 Å². The van der Waals surface area contributed by atoms with Gasteiger partial charge in [-0.05, 0) is 99.9 Å². The van der Waals surface area contributed by atoms with Crippen molar-refractivity contribution in [2.24, 2.45) is 0 Å². The van der Waals surface area contributed by atoms with Gasteiger partial charge in [-0.2, -0.15) is 10.2 Å². The van der Waals surface area contributed by atoms with E-state index in [4.69, 9.17) is 43.1 Å². The number of nitrogens with two attached hydrogens (primary N) is 1. The number of nitrogen functional groups attached to an aromatic ring is 1. The molecule has 0 saturated heterocycles. The fourth-order valence-electron chi connectivity index (χ4n) is 5.13. The van der Waals surface area contributed by atoms with Gasteiger partial charge < -0.3 is 19.9 Å². The molecule has 6 heterocycles. The SMILES string of the molecule is CC(C)(C)OC(=O)c1cc(-n2ncc3cc(Br)ncc32)cs1.CC(C)(C)OC(=O)c1cc(-n2ncc3cc(Oc4ccccc4Cl)ncc32)cs1.Nc1ccccc1Cl. The van der Waals surface area contributed by atoms with Gasteiger partial charge in [-0.3, -0.25) is 0 Å². The van der Waals surface area contributed by atoms with E-state index in [1.54, 1.807) is 76.6 Å². The normalized spacial score (nSPS) is 11.3. The van der Waals surface area contributed by atoms with E-state index in [1.165, 1.54) is 22.7 Å². The number of rotatable bonds is 6. The van der Waals surface area contributed by atoms with Crippen LogP contribution in [-0.2, 0) is 9.47 Å². The first kappa shape index (κ1) is 43.3. The van der Waals surface area contributed by atoms with E-state index in [9.17, 15) is 9.59 Å². The molecular formula is C42H38BrCl2N7O5S2. The smallest absolute Gasteiger partial charge is 0.348 e. The van der Waals surface area contributed by atoms with E-state index in [1.807, 2.05) is 82.6 Å². The zero-order valence-electron chi connectivity index (χ0n) is 32.6. The van der Waals surface area contributed by atoms with E-state index >= 15 is 0 Å². The van der Waals surface area contributed by atoms with Gasteiger partial charge in [0.15, 0.2) is 0 Å². The highest BCUT2D eigenvalue weighted by molar-refractivity contribution is 9.10. The van der Waals surface area contributed by atoms with Crippen molar-refractivity contribution >= 4 is 101 Å². The third kappa shape index (κ3) is 11.5. The van der Waals surface area contributed by atoms with Crippen LogP contribution in [0.4, 0.5) is 5.69 Å². The van der Waals surface area contributed by atoms with Crippen LogP contribution in [0.1, 0.15) is 60.9 Å². The summed E-state index contributed by atoms with van der Waals surface area (Å²) in [4.78, 5) is 34.0. The molecule has 0 aliphatic carbocycles. The summed E-state index contributed by atoms with van der Waals surface area (Å²) < 4.78 is 20.8. The molecule has 0 unspecified atom stereocenters. The molecule has 0 atom stereocenters. The molecule has 59 heavy (non-hydrogen) atoms. The number of thiophene rings is 2. The van der Waals surface area contributed by atoms with Crippen molar-refractivity contribution in [1.82, 2.24) is 29.5 Å². The highest BCUT2D eigenvalue weighted by atomic mass is 79.9. The maximum Gasteiger partial charge on any atom is 0.348 e. The summed E-state index contributed by atoms with van der Waals surface area (Å²) >= 11 is 17.7. The van der Waals surface area contributed by atoms with Crippen LogP contribution in [0.5, 0.6) is 11.6 Å². The van der Waals surface area contributed by atoms with Crippen molar-refractivity contribution < 1.29 is 23.8 Å². The molecule has 8 rings (SSSR count). The average molecular weight is 936 g/mol. The highest BCUT2D eigenvalue weighted by Crippen LogP contribution is 2.31. The van der Waals surface area contributed by atoms with Crippen LogP contribution < -0.4 is 10.5 Å². The fraction of sp³-hybridized carbons (Fsp3) is 0.190. The summed E-state index contributed by atoms with van der Waals surface area (Å²) in [6.45, 7) is 11.1. The molecule has 0 amide bonds. The number of nitrogens with zero attached hydrogens (tertiary/aromatic N) is 6. The van der Waals surface area contributed by atoms with Gasteiger partial charge in [0, 0.05) is 27.6 Å². The monoisotopic (exact) mass is 933 g/mol. The van der Waals surface area contributed by atoms with Crippen LogP contribution in [-0.4, -0.2) is 52.7 Å². The Kier molecular flexibility index (Phi) is 13.4. The van der Waals surface area contributed by atoms with Gasteiger partial charge in [-0.25, -0.2) is 28.9 Å². The van der Waals surface area contributed by atoms with E-state index < -0.39 is 11.2 Å². The fourth-order valence-corrected chi connectivity index (χ4v) is 7.28. The maximum absolute atomic E-state index is 12.3. The number of carbonyl (C=O) groups is 2. The van der Waals surface area contributed by atoms with Gasteiger partial charge in [0.05, 0.1) is 62.9 Å². The van der Waals surface area contributed by atoms with Crippen molar-refractivity contribution in [2.45, 2.75) is 52.7 Å². The number of fused-ring (bicyclic) bond motifs is 2. The van der Waals surface area contributed by atoms with Crippen molar-refractivity contribution in [3.8, 4) is 23.0 Å². The first-order chi connectivity index (χ1) is 27.9. The highest BCUT2D eigenvalue weighted by Gasteiger charge is 2.22. The number of ether oxygens (including phenoxy) is 3. The van der Waals surface area contributed by atoms with Gasteiger partial charge in [-0.1, -0.05) is 47.5 Å². The Bertz CT molecular complexity index is 2730. The molecule has 2 N–H and O–H groups in total. The Morgan fingerprint density at radius 1 is 0.678 bits per heavy atom. The summed E-state index contributed by atoms with van der Waals surface area (Å²) in [5, 5.41) is 15.5. The molecule has 304 valence electrons. The second-order valence-corrected chi connectivity index (χ2v) is 18.1. The Morgan fingerprint density at radius 3 is 1.66 bits per heavy atom. The maximum atomic E-state index is 12.3. The lowest BCUT2D eigenvalue weighted by Gasteiger charge is -2.18. The molecule has 0 fully saturated rings. The number of benzene rings is 2. The number of halogens is 3. The Hall–Kier alpha value is -5.32. The zero-order valence-corrected chi connectivity index (χ0v) is 37.4. The molecular weight excluding hydrogens is 897 g/mol. The van der Waals surface area contributed by atoms with Crippen LogP contribution in [0.15, 0.2) is 113 Å². The Morgan fingerprint density at radius 2 is 1.17 bits per heavy atom. The molecule has 0 bridgehead atoms. The minimum Gasteiger partial charge on any atom is -0.456 e. The molecule has 17 heteroatoms. The van der Waals surface area contributed by atoms with Gasteiger partial charge in [-0.15, -0.1) is 22.7 Å². The van der Waals surface area contributed by atoms with Gasteiger partial charge in [0.25, 0.3) is 0 Å². The minimum atomic E-state index is -0.540. The van der Waals surface area contributed by atoms with Crippen LogP contribution in [0.25, 0.3) is 33.2 Å². The third-order valence-corrected chi connectivity index (χ3v) is 10.6. The van der Waals surface area contributed by atoms with Crippen LogP contribution in [0, 0.1) is 0 Å². The Balaban J connectivity index is 0.000000171. The van der Waals surface area contributed by atoms with Crippen molar-refractivity contribution in [2.75, 3.05) is 5.73 Å². The summed E-state index contributed by atoms with van der Waals surface area (Å²) in [5.74, 6) is 0.290. The molecule has 0 saturated carbocycles.